The lowest BCUT2D eigenvalue weighted by molar-refractivity contribution is -0.148. The van der Waals surface area contributed by atoms with Crippen LogP contribution in [0.4, 0.5) is 0 Å². The van der Waals surface area contributed by atoms with Crippen molar-refractivity contribution in [2.45, 2.75) is 103 Å². The molecule has 0 heterocycles. The minimum Gasteiger partial charge on any atom is -0.755 e. The van der Waals surface area contributed by atoms with E-state index >= 15 is 0 Å². The molecule has 0 aliphatic carbocycles. The molecule has 0 aromatic rings. The number of ether oxygens (including phenoxy) is 2. The van der Waals surface area contributed by atoms with Crippen molar-refractivity contribution in [2.75, 3.05) is 20.3 Å². The summed E-state index contributed by atoms with van der Waals surface area (Å²) in [5, 5.41) is 0. The number of allylic oxidation sites excluding steroid dienone is 2. The van der Waals surface area contributed by atoms with Gasteiger partial charge in [-0.25, -0.2) is 0 Å². The van der Waals surface area contributed by atoms with E-state index in [1.54, 1.807) is 0 Å². The van der Waals surface area contributed by atoms with E-state index in [2.05, 4.69) is 19.1 Å². The zero-order valence-corrected chi connectivity index (χ0v) is 21.6. The van der Waals surface area contributed by atoms with E-state index in [4.69, 9.17) is 14.0 Å². The summed E-state index contributed by atoms with van der Waals surface area (Å²) in [6.45, 7) is 2.24. The first-order valence-corrected chi connectivity index (χ1v) is 13.9. The Morgan fingerprint density at radius 2 is 1.48 bits per heavy atom. The van der Waals surface area contributed by atoms with Gasteiger partial charge in [0.1, 0.15) is 19.3 Å². The van der Waals surface area contributed by atoms with Crippen LogP contribution in [0.5, 0.6) is 0 Å². The maximum Gasteiger partial charge on any atom is 0.570 e. The Morgan fingerprint density at radius 1 is 0.935 bits per heavy atom. The third-order valence-corrected chi connectivity index (χ3v) is 6.00. The molecular weight excluding hydrogens is 437 g/mol. The summed E-state index contributed by atoms with van der Waals surface area (Å²) in [6, 6.07) is 0. The van der Waals surface area contributed by atoms with Gasteiger partial charge < -0.3 is 20.2 Å². The molecule has 0 saturated heterocycles. The number of carbonyl (C=O) groups is 1. The van der Waals surface area contributed by atoms with Crippen molar-refractivity contribution in [3.63, 3.8) is 0 Å². The maximum absolute atomic E-state index is 11.8. The first-order chi connectivity index (χ1) is 14.6. The molecule has 2 atom stereocenters. The monoisotopic (exact) mass is 482 g/mol. The Bertz CT molecular complexity index is 454. The highest BCUT2D eigenvalue weighted by atomic mass is 32.7. The molecule has 0 saturated carbocycles. The summed E-state index contributed by atoms with van der Waals surface area (Å²) in [5.41, 5.74) is 0. The average Bonchev–Trinajstić information content (AvgIpc) is 2.76. The van der Waals surface area contributed by atoms with Gasteiger partial charge in [0.2, 0.25) is 0 Å². The predicted octanol–water partition coefficient (Wildman–Crippen LogP) is 7.50. The minimum atomic E-state index is -2.28. The van der Waals surface area contributed by atoms with Crippen molar-refractivity contribution in [3.05, 3.63) is 12.2 Å². The third-order valence-electron chi connectivity index (χ3n) is 4.83. The number of quaternary nitrogens is 1. The lowest BCUT2D eigenvalue weighted by atomic mass is 10.1. The molecule has 31 heavy (non-hydrogen) atoms. The number of unbranched alkanes of at least 4 members (excludes halogenated alkanes) is 11. The Morgan fingerprint density at radius 3 is 2.03 bits per heavy atom. The Balaban J connectivity index is 0. The number of methoxy groups -OCH3 is 1. The van der Waals surface area contributed by atoms with E-state index in [1.807, 2.05) is 0 Å². The SMILES string of the molecule is CCCCCCCC/C=C/CCCCCCCC(=O)OCC(CO[P+](=O)S[O-])OC.[NH4+]. The second-order valence-corrected chi connectivity index (χ2v) is 9.67. The van der Waals surface area contributed by atoms with Crippen molar-refractivity contribution in [1.29, 1.82) is 0 Å². The Labute approximate surface area is 194 Å². The van der Waals surface area contributed by atoms with Gasteiger partial charge in [0.25, 0.3) is 0 Å². The van der Waals surface area contributed by atoms with E-state index in [9.17, 15) is 13.9 Å². The van der Waals surface area contributed by atoms with Crippen LogP contribution in [-0.2, 0) is 23.4 Å². The third kappa shape index (κ3) is 24.0. The van der Waals surface area contributed by atoms with Gasteiger partial charge in [-0.15, -0.1) is 4.52 Å². The zero-order valence-electron chi connectivity index (χ0n) is 19.9. The minimum absolute atomic E-state index is 0. The molecule has 0 rings (SSSR count). The zero-order chi connectivity index (χ0) is 22.3. The molecule has 7 nitrogen and oxygen atoms in total. The molecule has 4 N–H and O–H groups in total. The van der Waals surface area contributed by atoms with Crippen molar-refractivity contribution in [2.24, 2.45) is 0 Å². The van der Waals surface area contributed by atoms with Gasteiger partial charge in [-0.1, -0.05) is 70.4 Å². The highest BCUT2D eigenvalue weighted by Crippen LogP contribution is 2.35. The molecule has 184 valence electrons. The predicted molar refractivity (Wildman–Crippen MR) is 129 cm³/mol. The van der Waals surface area contributed by atoms with Gasteiger partial charge in [0, 0.05) is 13.5 Å². The summed E-state index contributed by atoms with van der Waals surface area (Å²) in [5.74, 6) is -0.266. The van der Waals surface area contributed by atoms with E-state index < -0.39 is 13.3 Å². The van der Waals surface area contributed by atoms with Crippen LogP contribution in [-0.4, -0.2) is 36.9 Å². The first kappa shape index (κ1) is 32.7. The van der Waals surface area contributed by atoms with Crippen molar-refractivity contribution in [3.8, 4) is 0 Å². The van der Waals surface area contributed by atoms with Gasteiger partial charge in [-0.2, -0.15) is 0 Å². The number of rotatable bonds is 22. The molecule has 0 amide bonds. The summed E-state index contributed by atoms with van der Waals surface area (Å²) in [4.78, 5) is 11.8. The van der Waals surface area contributed by atoms with E-state index in [1.165, 1.54) is 64.9 Å². The molecule has 0 radical (unpaired) electrons. The number of hydrogen-bond donors (Lipinski definition) is 1. The van der Waals surface area contributed by atoms with Gasteiger partial charge >= 0.3 is 13.2 Å². The van der Waals surface area contributed by atoms with Crippen LogP contribution in [0.15, 0.2) is 12.2 Å². The molecular formula is C22H45NO6PS+. The standard InChI is InChI=1S/C22H41O6PS.H3N/c1-3-4-5-6-7-8-9-10-11-12-13-14-15-16-17-18-22(23)27-19-21(26-2)20-28-29(24)30-25;/h10-11,21H,3-9,12-20H2,1-2H3;1H3/p+1/b11-10+;. The fourth-order valence-electron chi connectivity index (χ4n) is 2.95. The second kappa shape index (κ2) is 25.8. The number of esters is 1. The quantitative estimate of drug-likeness (QED) is 0.0557. The van der Waals surface area contributed by atoms with Crippen LogP contribution < -0.4 is 6.15 Å². The molecule has 0 bridgehead atoms. The van der Waals surface area contributed by atoms with Crippen LogP contribution in [0, 0.1) is 0 Å². The molecule has 0 aliphatic heterocycles. The van der Waals surface area contributed by atoms with Crippen LogP contribution in [0.3, 0.4) is 0 Å². The summed E-state index contributed by atoms with van der Waals surface area (Å²) in [7, 11) is -0.834. The second-order valence-electron chi connectivity index (χ2n) is 7.47. The summed E-state index contributed by atoms with van der Waals surface area (Å²) < 4.78 is 36.3. The van der Waals surface area contributed by atoms with E-state index in [0.29, 0.717) is 6.42 Å². The lowest BCUT2D eigenvalue weighted by Crippen LogP contribution is -2.25. The fourth-order valence-corrected chi connectivity index (χ4v) is 3.59. The van der Waals surface area contributed by atoms with Crippen molar-refractivity contribution < 1.29 is 27.9 Å². The van der Waals surface area contributed by atoms with Gasteiger partial charge in [0.05, 0.1) is 11.7 Å². The highest BCUT2D eigenvalue weighted by molar-refractivity contribution is 8.47. The maximum atomic E-state index is 11.8. The smallest absolute Gasteiger partial charge is 0.570 e. The molecule has 0 fully saturated rings. The molecule has 2 unspecified atom stereocenters. The number of carbonyl (C=O) groups excluding carboxylic acids is 1. The Kier molecular flexibility index (Phi) is 27.2. The van der Waals surface area contributed by atoms with E-state index in [-0.39, 0.29) is 37.0 Å². The molecule has 0 aromatic heterocycles. The van der Waals surface area contributed by atoms with Crippen LogP contribution in [0.25, 0.3) is 0 Å². The molecule has 0 aliphatic rings. The van der Waals surface area contributed by atoms with Crippen LogP contribution in [0.2, 0.25) is 0 Å². The highest BCUT2D eigenvalue weighted by Gasteiger charge is 2.19. The van der Waals surface area contributed by atoms with Crippen LogP contribution in [0.1, 0.15) is 96.8 Å². The molecule has 0 aromatic carbocycles. The summed E-state index contributed by atoms with van der Waals surface area (Å²) >= 11 is -0.101. The molecule has 9 heteroatoms. The van der Waals surface area contributed by atoms with E-state index in [0.717, 1.165) is 25.7 Å². The largest absolute Gasteiger partial charge is 0.755 e. The van der Waals surface area contributed by atoms with Crippen molar-refractivity contribution in [1.82, 2.24) is 6.15 Å². The average molecular weight is 483 g/mol. The molecule has 0 spiro atoms. The number of hydrogen-bond acceptors (Lipinski definition) is 7. The van der Waals surface area contributed by atoms with Gasteiger partial charge in [0.15, 0.2) is 0 Å². The summed E-state index contributed by atoms with van der Waals surface area (Å²) in [6.07, 6.45) is 20.3. The topological polar surface area (TPSA) is 121 Å². The van der Waals surface area contributed by atoms with Crippen LogP contribution >= 0.6 is 18.9 Å². The Hall–Kier alpha value is -0.500. The lowest BCUT2D eigenvalue weighted by Gasteiger charge is -2.12. The fraction of sp³-hybridized carbons (Fsp3) is 0.864. The normalized spacial score (nSPS) is 12.5. The van der Waals surface area contributed by atoms with Gasteiger partial charge in [-0.05, 0) is 36.7 Å². The van der Waals surface area contributed by atoms with Gasteiger partial charge in [-0.3, -0.25) is 4.79 Å². The first-order valence-electron chi connectivity index (χ1n) is 11.4. The van der Waals surface area contributed by atoms with Crippen molar-refractivity contribution >= 4 is 24.9 Å².